The van der Waals surface area contributed by atoms with E-state index < -0.39 is 0 Å². The lowest BCUT2D eigenvalue weighted by Crippen LogP contribution is -2.27. The second-order valence-electron chi connectivity index (χ2n) is 10.2. The summed E-state index contributed by atoms with van der Waals surface area (Å²) in [7, 11) is 0. The second-order valence-corrected chi connectivity index (χ2v) is 10.2. The standard InChI is InChI=1S/C25H40O/c1-17(2)22-11-13-25(5)12-10-18(3)6-7-20-14-19(4)15-23(20)21(16-26)8-9-24(22)25/h8,10,15,17,19-20,22,24,26H,6-7,9,11-14,16H2,1-5H3/b18-10+,21-8+. The fourth-order valence-corrected chi connectivity index (χ4v) is 6.09. The van der Waals surface area contributed by atoms with Crippen molar-refractivity contribution in [2.75, 3.05) is 6.61 Å². The van der Waals surface area contributed by atoms with Gasteiger partial charge in [-0.15, -0.1) is 0 Å². The van der Waals surface area contributed by atoms with Gasteiger partial charge in [0, 0.05) is 0 Å². The summed E-state index contributed by atoms with van der Waals surface area (Å²) in [5.74, 6) is 3.61. The molecule has 0 amide bonds. The van der Waals surface area contributed by atoms with Crippen LogP contribution < -0.4 is 0 Å². The van der Waals surface area contributed by atoms with Crippen molar-refractivity contribution < 1.29 is 5.11 Å². The molecule has 1 heteroatoms. The molecule has 5 atom stereocenters. The molecule has 0 aromatic heterocycles. The number of allylic oxidation sites excluding steroid dienone is 4. The Kier molecular flexibility index (Phi) is 6.17. The van der Waals surface area contributed by atoms with Gasteiger partial charge in [-0.3, -0.25) is 0 Å². The van der Waals surface area contributed by atoms with Gasteiger partial charge in [0.2, 0.25) is 0 Å². The number of hydrogen-bond donors (Lipinski definition) is 1. The van der Waals surface area contributed by atoms with Gasteiger partial charge in [-0.2, -0.15) is 0 Å². The van der Waals surface area contributed by atoms with Gasteiger partial charge in [0.15, 0.2) is 0 Å². The highest BCUT2D eigenvalue weighted by Crippen LogP contribution is 2.54. The number of rotatable bonds is 2. The van der Waals surface area contributed by atoms with E-state index in [1.807, 2.05) is 0 Å². The maximum atomic E-state index is 10.1. The molecule has 0 heterocycles. The zero-order valence-electron chi connectivity index (χ0n) is 17.7. The molecule has 0 bridgehead atoms. The van der Waals surface area contributed by atoms with Crippen molar-refractivity contribution in [2.45, 2.75) is 79.6 Å². The highest BCUT2D eigenvalue weighted by atomic mass is 16.3. The van der Waals surface area contributed by atoms with Gasteiger partial charge in [-0.05, 0) is 98.0 Å². The van der Waals surface area contributed by atoms with E-state index in [1.54, 1.807) is 5.57 Å². The Balaban J connectivity index is 1.96. The van der Waals surface area contributed by atoms with Crippen molar-refractivity contribution in [3.8, 4) is 0 Å². The quantitative estimate of drug-likeness (QED) is 0.546. The first-order valence-electron chi connectivity index (χ1n) is 11.0. The average Bonchev–Trinajstić information content (AvgIpc) is 3.12. The molecule has 26 heavy (non-hydrogen) atoms. The summed E-state index contributed by atoms with van der Waals surface area (Å²) in [5, 5.41) is 10.1. The molecule has 1 fully saturated rings. The Morgan fingerprint density at radius 3 is 2.69 bits per heavy atom. The smallest absolute Gasteiger partial charge is 0.0681 e. The summed E-state index contributed by atoms with van der Waals surface area (Å²) in [6.07, 6.45) is 16.3. The van der Waals surface area contributed by atoms with Crippen LogP contribution in [0.25, 0.3) is 0 Å². The van der Waals surface area contributed by atoms with Crippen molar-refractivity contribution in [3.05, 3.63) is 34.9 Å². The first-order valence-corrected chi connectivity index (χ1v) is 11.0. The summed E-state index contributed by atoms with van der Waals surface area (Å²) in [6, 6.07) is 0. The lowest BCUT2D eigenvalue weighted by atomic mass is 9.70. The second kappa shape index (κ2) is 8.05. The molecule has 1 N–H and O–H groups in total. The maximum Gasteiger partial charge on any atom is 0.0681 e. The topological polar surface area (TPSA) is 20.2 Å². The van der Waals surface area contributed by atoms with Gasteiger partial charge in [0.1, 0.15) is 0 Å². The van der Waals surface area contributed by atoms with Gasteiger partial charge < -0.3 is 5.11 Å². The monoisotopic (exact) mass is 356 g/mol. The molecule has 0 radical (unpaired) electrons. The van der Waals surface area contributed by atoms with Crippen LogP contribution in [0.5, 0.6) is 0 Å². The minimum absolute atomic E-state index is 0.208. The molecular formula is C25H40O. The van der Waals surface area contributed by atoms with Crippen LogP contribution in [0.1, 0.15) is 79.6 Å². The summed E-state index contributed by atoms with van der Waals surface area (Å²) < 4.78 is 0. The minimum Gasteiger partial charge on any atom is -0.392 e. The highest BCUT2D eigenvalue weighted by Gasteiger charge is 2.44. The Bertz CT molecular complexity index is 593. The SMILES string of the molecule is C/C1=C\CC2(C)CCC(C(C)C)C2C/C=C(\CO)C2=CC(C)CC2CC1. The highest BCUT2D eigenvalue weighted by molar-refractivity contribution is 5.37. The Labute approximate surface area is 161 Å². The molecule has 0 spiro atoms. The first kappa shape index (κ1) is 19.9. The maximum absolute atomic E-state index is 10.1. The number of aliphatic hydroxyl groups is 1. The minimum atomic E-state index is 0.208. The van der Waals surface area contributed by atoms with Crippen molar-refractivity contribution in [1.82, 2.24) is 0 Å². The van der Waals surface area contributed by atoms with Crippen LogP contribution in [0.2, 0.25) is 0 Å². The zero-order valence-corrected chi connectivity index (χ0v) is 17.7. The number of hydrogen-bond acceptors (Lipinski definition) is 1. The van der Waals surface area contributed by atoms with Gasteiger partial charge in [-0.25, -0.2) is 0 Å². The molecule has 3 rings (SSSR count). The molecule has 3 aliphatic rings. The zero-order chi connectivity index (χ0) is 18.9. The molecule has 146 valence electrons. The molecule has 0 aromatic carbocycles. The van der Waals surface area contributed by atoms with Crippen molar-refractivity contribution >= 4 is 0 Å². The van der Waals surface area contributed by atoms with Crippen molar-refractivity contribution in [2.24, 2.45) is 35.0 Å². The first-order chi connectivity index (χ1) is 12.3. The third kappa shape index (κ3) is 4.03. The number of aliphatic hydroxyl groups excluding tert-OH is 1. The molecule has 5 unspecified atom stereocenters. The Morgan fingerprint density at radius 1 is 1.23 bits per heavy atom. The normalized spacial score (nSPS) is 42.7. The van der Waals surface area contributed by atoms with Crippen LogP contribution in [-0.4, -0.2) is 11.7 Å². The van der Waals surface area contributed by atoms with Crippen molar-refractivity contribution in [3.63, 3.8) is 0 Å². The van der Waals surface area contributed by atoms with Gasteiger partial charge in [-0.1, -0.05) is 51.5 Å². The van der Waals surface area contributed by atoms with E-state index in [4.69, 9.17) is 0 Å². The molecule has 3 aliphatic carbocycles. The summed E-state index contributed by atoms with van der Waals surface area (Å²) in [4.78, 5) is 0. The van der Waals surface area contributed by atoms with E-state index >= 15 is 0 Å². The third-order valence-electron chi connectivity index (χ3n) is 7.84. The predicted octanol–water partition coefficient (Wildman–Crippen LogP) is 6.70. The van der Waals surface area contributed by atoms with E-state index in [0.29, 0.717) is 17.3 Å². The molecule has 1 saturated carbocycles. The predicted molar refractivity (Wildman–Crippen MR) is 112 cm³/mol. The lowest BCUT2D eigenvalue weighted by Gasteiger charge is -2.35. The molecule has 0 aliphatic heterocycles. The fraction of sp³-hybridized carbons (Fsp3) is 0.760. The van der Waals surface area contributed by atoms with Crippen LogP contribution in [-0.2, 0) is 0 Å². The van der Waals surface area contributed by atoms with E-state index in [0.717, 1.165) is 24.2 Å². The third-order valence-corrected chi connectivity index (χ3v) is 7.84. The molecule has 1 nitrogen and oxygen atoms in total. The molecule has 0 saturated heterocycles. The fourth-order valence-electron chi connectivity index (χ4n) is 6.09. The molecular weight excluding hydrogens is 316 g/mol. The lowest BCUT2D eigenvalue weighted by molar-refractivity contribution is 0.169. The van der Waals surface area contributed by atoms with Gasteiger partial charge >= 0.3 is 0 Å². The molecule has 0 aromatic rings. The van der Waals surface area contributed by atoms with Crippen LogP contribution >= 0.6 is 0 Å². The van der Waals surface area contributed by atoms with E-state index in [2.05, 4.69) is 52.8 Å². The van der Waals surface area contributed by atoms with Crippen LogP contribution in [0.3, 0.4) is 0 Å². The van der Waals surface area contributed by atoms with E-state index in [-0.39, 0.29) is 6.61 Å². The van der Waals surface area contributed by atoms with Crippen LogP contribution in [0, 0.1) is 35.0 Å². The van der Waals surface area contributed by atoms with Crippen LogP contribution in [0.15, 0.2) is 34.9 Å². The summed E-state index contributed by atoms with van der Waals surface area (Å²) in [5.41, 5.74) is 4.70. The Morgan fingerprint density at radius 2 is 2.00 bits per heavy atom. The van der Waals surface area contributed by atoms with E-state index in [1.165, 1.54) is 49.7 Å². The average molecular weight is 357 g/mol. The summed E-state index contributed by atoms with van der Waals surface area (Å²) in [6.45, 7) is 12.2. The van der Waals surface area contributed by atoms with Gasteiger partial charge in [0.25, 0.3) is 0 Å². The van der Waals surface area contributed by atoms with E-state index in [9.17, 15) is 5.11 Å². The van der Waals surface area contributed by atoms with Crippen molar-refractivity contribution in [1.29, 1.82) is 0 Å². The Hall–Kier alpha value is -0.820. The number of fused-ring (bicyclic) bond motifs is 2. The van der Waals surface area contributed by atoms with Crippen LogP contribution in [0.4, 0.5) is 0 Å². The van der Waals surface area contributed by atoms with Gasteiger partial charge in [0.05, 0.1) is 6.61 Å². The largest absolute Gasteiger partial charge is 0.392 e. The summed E-state index contributed by atoms with van der Waals surface area (Å²) >= 11 is 0.